The molecule has 8 heteroatoms. The van der Waals surface area contributed by atoms with Gasteiger partial charge >= 0.3 is 0 Å². The van der Waals surface area contributed by atoms with Gasteiger partial charge in [0.15, 0.2) is 11.1 Å². The summed E-state index contributed by atoms with van der Waals surface area (Å²) in [6.45, 7) is 5.64. The Morgan fingerprint density at radius 3 is 2.67 bits per heavy atom. The Hall–Kier alpha value is -2.35. The highest BCUT2D eigenvalue weighted by atomic mass is 32.2. The molecule has 3 rings (SSSR count). The molecule has 1 amide bonds. The summed E-state index contributed by atoms with van der Waals surface area (Å²) in [5.74, 6) is -0.325. The summed E-state index contributed by atoms with van der Waals surface area (Å²) in [6, 6.07) is 7.37. The van der Waals surface area contributed by atoms with Gasteiger partial charge in [-0.15, -0.1) is 0 Å². The maximum atomic E-state index is 12.4. The molecule has 1 aromatic carbocycles. The standard InChI is InChI=1S/C16H19N3O4S/c1-10(2)19-8-14(17-9-19)24(21,22)18-16(20)15-11(3)12-6-4-5-7-13(12)23-15/h4-11,15H,1-3H3,(H,18,20)/t11-,15-/m0/s1. The maximum Gasteiger partial charge on any atom is 0.283 e. The smallest absolute Gasteiger partial charge is 0.283 e. The lowest BCUT2D eigenvalue weighted by Gasteiger charge is -2.14. The van der Waals surface area contributed by atoms with Crippen LogP contribution in [0.4, 0.5) is 0 Å². The molecule has 0 bridgehead atoms. The molecule has 1 aliphatic heterocycles. The lowest BCUT2D eigenvalue weighted by atomic mass is 9.97. The Labute approximate surface area is 140 Å². The maximum absolute atomic E-state index is 12.4. The van der Waals surface area contributed by atoms with Crippen molar-refractivity contribution in [1.29, 1.82) is 0 Å². The van der Waals surface area contributed by atoms with Crippen LogP contribution >= 0.6 is 0 Å². The molecule has 0 saturated carbocycles. The van der Waals surface area contributed by atoms with Crippen molar-refractivity contribution in [2.24, 2.45) is 0 Å². The zero-order valence-electron chi connectivity index (χ0n) is 13.6. The van der Waals surface area contributed by atoms with E-state index in [2.05, 4.69) is 9.71 Å². The summed E-state index contributed by atoms with van der Waals surface area (Å²) in [4.78, 5) is 16.3. The third-order valence-electron chi connectivity index (χ3n) is 4.06. The highest BCUT2D eigenvalue weighted by molar-refractivity contribution is 7.90. The Kier molecular flexibility index (Phi) is 4.08. The van der Waals surface area contributed by atoms with Gasteiger partial charge in [0.05, 0.1) is 6.33 Å². The Balaban J connectivity index is 1.77. The normalized spacial score (nSPS) is 19.8. The number of fused-ring (bicyclic) bond motifs is 1. The second kappa shape index (κ2) is 5.94. The first-order chi connectivity index (χ1) is 11.3. The summed E-state index contributed by atoms with van der Waals surface area (Å²) in [5.41, 5.74) is 0.888. The molecule has 24 heavy (non-hydrogen) atoms. The number of aromatic nitrogens is 2. The third kappa shape index (κ3) is 2.89. The van der Waals surface area contributed by atoms with Crippen molar-refractivity contribution < 1.29 is 17.9 Å². The van der Waals surface area contributed by atoms with Crippen molar-refractivity contribution in [3.05, 3.63) is 42.4 Å². The van der Waals surface area contributed by atoms with E-state index in [0.29, 0.717) is 5.75 Å². The van der Waals surface area contributed by atoms with E-state index in [1.165, 1.54) is 12.5 Å². The molecular weight excluding hydrogens is 330 g/mol. The monoisotopic (exact) mass is 349 g/mol. The number of rotatable bonds is 4. The molecule has 1 aromatic heterocycles. The number of benzene rings is 1. The molecule has 1 aliphatic rings. The number of nitrogens with zero attached hydrogens (tertiary/aromatic N) is 2. The SMILES string of the molecule is CC(C)n1cnc(S(=O)(=O)NC(=O)[C@H]2Oc3ccccc3[C@@H]2C)c1. The molecule has 7 nitrogen and oxygen atoms in total. The minimum atomic E-state index is -4.03. The Morgan fingerprint density at radius 2 is 2.04 bits per heavy atom. The topological polar surface area (TPSA) is 90.3 Å². The number of nitrogens with one attached hydrogen (secondary N) is 1. The van der Waals surface area contributed by atoms with Crippen LogP contribution in [-0.4, -0.2) is 30.0 Å². The first kappa shape index (κ1) is 16.5. The molecule has 0 saturated heterocycles. The zero-order valence-corrected chi connectivity index (χ0v) is 14.4. The predicted molar refractivity (Wildman–Crippen MR) is 87.2 cm³/mol. The van der Waals surface area contributed by atoms with E-state index >= 15 is 0 Å². The summed E-state index contributed by atoms with van der Waals surface area (Å²) >= 11 is 0. The van der Waals surface area contributed by atoms with E-state index in [1.54, 1.807) is 16.7 Å². The van der Waals surface area contributed by atoms with Crippen LogP contribution in [0, 0.1) is 0 Å². The number of carbonyl (C=O) groups excluding carboxylic acids is 1. The minimum Gasteiger partial charge on any atom is -0.480 e. The average molecular weight is 349 g/mol. The van der Waals surface area contributed by atoms with Gasteiger partial charge in [-0.1, -0.05) is 25.1 Å². The second-order valence-corrected chi connectivity index (χ2v) is 7.72. The molecule has 0 fully saturated rings. The van der Waals surface area contributed by atoms with Crippen LogP contribution in [0.25, 0.3) is 0 Å². The summed E-state index contributed by atoms with van der Waals surface area (Å²) in [5, 5.41) is -0.187. The van der Waals surface area contributed by atoms with Crippen molar-refractivity contribution in [3.8, 4) is 5.75 Å². The van der Waals surface area contributed by atoms with E-state index < -0.39 is 22.0 Å². The van der Waals surface area contributed by atoms with Crippen LogP contribution in [-0.2, 0) is 14.8 Å². The molecule has 128 valence electrons. The minimum absolute atomic E-state index is 0.0739. The van der Waals surface area contributed by atoms with Gasteiger partial charge in [0.25, 0.3) is 15.9 Å². The zero-order chi connectivity index (χ0) is 17.5. The Morgan fingerprint density at radius 1 is 1.33 bits per heavy atom. The van der Waals surface area contributed by atoms with E-state index in [1.807, 2.05) is 32.9 Å². The van der Waals surface area contributed by atoms with Crippen molar-refractivity contribution in [2.75, 3.05) is 0 Å². The van der Waals surface area contributed by atoms with Crippen LogP contribution < -0.4 is 9.46 Å². The van der Waals surface area contributed by atoms with Crippen molar-refractivity contribution >= 4 is 15.9 Å². The van der Waals surface area contributed by atoms with Crippen LogP contribution in [0.15, 0.2) is 41.8 Å². The first-order valence-corrected chi connectivity index (χ1v) is 9.13. The molecule has 2 heterocycles. The van der Waals surface area contributed by atoms with Gasteiger partial charge in [0, 0.05) is 23.7 Å². The van der Waals surface area contributed by atoms with Gasteiger partial charge in [-0.25, -0.2) is 9.71 Å². The van der Waals surface area contributed by atoms with Gasteiger partial charge < -0.3 is 9.30 Å². The molecule has 2 aromatic rings. The van der Waals surface area contributed by atoms with E-state index in [9.17, 15) is 13.2 Å². The number of para-hydroxylation sites is 1. The lowest BCUT2D eigenvalue weighted by molar-refractivity contribution is -0.126. The fourth-order valence-electron chi connectivity index (χ4n) is 2.63. The van der Waals surface area contributed by atoms with E-state index in [0.717, 1.165) is 5.56 Å². The first-order valence-electron chi connectivity index (χ1n) is 7.65. The molecule has 0 unspecified atom stereocenters. The fourth-order valence-corrected chi connectivity index (χ4v) is 3.56. The van der Waals surface area contributed by atoms with Gasteiger partial charge in [0.1, 0.15) is 5.75 Å². The summed E-state index contributed by atoms with van der Waals surface area (Å²) in [7, 11) is -4.03. The number of ether oxygens (including phenoxy) is 1. The van der Waals surface area contributed by atoms with Crippen molar-refractivity contribution in [2.45, 2.75) is 43.9 Å². The van der Waals surface area contributed by atoms with E-state index in [4.69, 9.17) is 4.74 Å². The highest BCUT2D eigenvalue weighted by Crippen LogP contribution is 2.37. The van der Waals surface area contributed by atoms with Gasteiger partial charge in [-0.3, -0.25) is 4.79 Å². The predicted octanol–water partition coefficient (Wildman–Crippen LogP) is 1.83. The number of imidazole rings is 1. The van der Waals surface area contributed by atoms with E-state index in [-0.39, 0.29) is 17.0 Å². The number of hydrogen-bond donors (Lipinski definition) is 1. The second-order valence-electron chi connectivity index (χ2n) is 6.09. The molecule has 0 radical (unpaired) electrons. The number of sulfonamides is 1. The molecule has 0 aliphatic carbocycles. The summed E-state index contributed by atoms with van der Waals surface area (Å²) < 4.78 is 34.0. The van der Waals surface area contributed by atoms with Crippen molar-refractivity contribution in [1.82, 2.24) is 14.3 Å². The fraction of sp³-hybridized carbons (Fsp3) is 0.375. The van der Waals surface area contributed by atoms with Crippen molar-refractivity contribution in [3.63, 3.8) is 0 Å². The van der Waals surface area contributed by atoms with Gasteiger partial charge in [0.2, 0.25) is 0 Å². The number of amides is 1. The molecule has 0 spiro atoms. The van der Waals surface area contributed by atoms with Crippen LogP contribution in [0.5, 0.6) is 5.75 Å². The number of hydrogen-bond acceptors (Lipinski definition) is 5. The molecule has 2 atom stereocenters. The molecular formula is C16H19N3O4S. The van der Waals surface area contributed by atoms with Crippen LogP contribution in [0.1, 0.15) is 38.3 Å². The number of carbonyl (C=O) groups is 1. The Bertz CT molecular complexity index is 873. The average Bonchev–Trinajstić information content (AvgIpc) is 3.13. The van der Waals surface area contributed by atoms with Gasteiger partial charge in [-0.05, 0) is 19.9 Å². The highest BCUT2D eigenvalue weighted by Gasteiger charge is 2.38. The van der Waals surface area contributed by atoms with Crippen LogP contribution in [0.2, 0.25) is 0 Å². The third-order valence-corrected chi connectivity index (χ3v) is 5.29. The lowest BCUT2D eigenvalue weighted by Crippen LogP contribution is -2.42. The van der Waals surface area contributed by atoms with Gasteiger partial charge in [-0.2, -0.15) is 8.42 Å². The largest absolute Gasteiger partial charge is 0.480 e. The summed E-state index contributed by atoms with van der Waals surface area (Å²) in [6.07, 6.45) is 1.94. The quantitative estimate of drug-likeness (QED) is 0.909. The van der Waals surface area contributed by atoms with Crippen LogP contribution in [0.3, 0.4) is 0 Å². The molecule has 1 N–H and O–H groups in total.